The average Bonchev–Trinajstić information content (AvgIpc) is 3.01. The van der Waals surface area contributed by atoms with Crippen LogP contribution in [0, 0.1) is 5.82 Å². The quantitative estimate of drug-likeness (QED) is 0.883. The fraction of sp³-hybridized carbons (Fsp3) is 0.263. The van der Waals surface area contributed by atoms with E-state index in [9.17, 15) is 19.1 Å². The second-order valence-corrected chi connectivity index (χ2v) is 6.03. The molecule has 2 aromatic carbocycles. The molecule has 124 valence electrons. The third kappa shape index (κ3) is 3.62. The lowest BCUT2D eigenvalue weighted by Crippen LogP contribution is -2.21. The third-order valence-electron chi connectivity index (χ3n) is 4.34. The molecule has 0 aromatic heterocycles. The monoisotopic (exact) mass is 327 g/mol. The Balaban J connectivity index is 1.70. The first-order valence-corrected chi connectivity index (χ1v) is 7.93. The summed E-state index contributed by atoms with van der Waals surface area (Å²) in [5, 5.41) is 12.1. The minimum Gasteiger partial charge on any atom is -0.481 e. The Labute approximate surface area is 139 Å². The first-order chi connectivity index (χ1) is 11.5. The molecule has 3 rings (SSSR count). The molecule has 0 heterocycles. The van der Waals surface area contributed by atoms with Crippen LogP contribution < -0.4 is 5.32 Å². The van der Waals surface area contributed by atoms with Gasteiger partial charge in [0.25, 0.3) is 0 Å². The number of aryl methyl sites for hydroxylation is 2. The lowest BCUT2D eigenvalue weighted by molar-refractivity contribution is -0.140. The number of anilines is 1. The van der Waals surface area contributed by atoms with E-state index in [1.54, 1.807) is 0 Å². The minimum atomic E-state index is -1.11. The summed E-state index contributed by atoms with van der Waals surface area (Å²) in [7, 11) is 0. The molecule has 0 spiro atoms. The van der Waals surface area contributed by atoms with Crippen molar-refractivity contribution in [2.45, 2.75) is 31.6 Å². The van der Waals surface area contributed by atoms with Gasteiger partial charge in [0.2, 0.25) is 5.91 Å². The van der Waals surface area contributed by atoms with E-state index in [0.29, 0.717) is 11.3 Å². The van der Waals surface area contributed by atoms with Crippen molar-refractivity contribution in [1.29, 1.82) is 0 Å². The zero-order valence-corrected chi connectivity index (χ0v) is 13.1. The number of aliphatic carboxylic acids is 1. The summed E-state index contributed by atoms with van der Waals surface area (Å²) in [6.45, 7) is 0. The summed E-state index contributed by atoms with van der Waals surface area (Å²) in [6.07, 6.45) is 3.00. The highest BCUT2D eigenvalue weighted by molar-refractivity contribution is 5.94. The van der Waals surface area contributed by atoms with Crippen molar-refractivity contribution in [1.82, 2.24) is 0 Å². The summed E-state index contributed by atoms with van der Waals surface area (Å²) in [4.78, 5) is 23.7. The third-order valence-corrected chi connectivity index (χ3v) is 4.34. The highest BCUT2D eigenvalue weighted by Gasteiger charge is 2.23. The second kappa shape index (κ2) is 6.83. The number of carbonyl (C=O) groups excluding carboxylic acids is 1. The van der Waals surface area contributed by atoms with Gasteiger partial charge in [-0.1, -0.05) is 18.2 Å². The fourth-order valence-corrected chi connectivity index (χ4v) is 3.09. The van der Waals surface area contributed by atoms with E-state index in [1.165, 1.54) is 35.4 Å². The minimum absolute atomic E-state index is 0.196. The Bertz CT molecular complexity index is 771. The first kappa shape index (κ1) is 16.2. The van der Waals surface area contributed by atoms with Crippen LogP contribution in [0.5, 0.6) is 0 Å². The highest BCUT2D eigenvalue weighted by Crippen LogP contribution is 2.26. The molecular formula is C19H18FNO3. The zero-order chi connectivity index (χ0) is 17.1. The number of carbonyl (C=O) groups is 2. The fourth-order valence-electron chi connectivity index (χ4n) is 3.09. The normalized spacial score (nSPS) is 14.0. The predicted octanol–water partition coefficient (Wildman–Crippen LogP) is 3.51. The van der Waals surface area contributed by atoms with Crippen molar-refractivity contribution < 1.29 is 19.1 Å². The molecular weight excluding hydrogens is 309 g/mol. The molecule has 1 aliphatic rings. The largest absolute Gasteiger partial charge is 0.481 e. The maximum atomic E-state index is 13.0. The standard InChI is InChI=1S/C19H18FNO3/c20-15-7-4-13(5-8-15)17(19(23)24)11-18(22)21-16-9-6-12-2-1-3-14(12)10-16/h4-10,17H,1-3,11H2,(H,21,22)(H,23,24). The summed E-state index contributed by atoms with van der Waals surface area (Å²) in [5.41, 5.74) is 3.64. The Morgan fingerprint density at radius 3 is 2.50 bits per heavy atom. The van der Waals surface area contributed by atoms with Crippen LogP contribution in [0.2, 0.25) is 0 Å². The van der Waals surface area contributed by atoms with E-state index < -0.39 is 17.7 Å². The molecule has 4 nitrogen and oxygen atoms in total. The SMILES string of the molecule is O=C(CC(C(=O)O)c1ccc(F)cc1)Nc1ccc2c(c1)CCC2. The molecule has 0 fully saturated rings. The van der Waals surface area contributed by atoms with Crippen LogP contribution in [0.25, 0.3) is 0 Å². The molecule has 0 saturated carbocycles. The molecule has 2 aromatic rings. The van der Waals surface area contributed by atoms with Crippen molar-refractivity contribution >= 4 is 17.6 Å². The maximum absolute atomic E-state index is 13.0. The molecule has 1 unspecified atom stereocenters. The van der Waals surface area contributed by atoms with Gasteiger partial charge in [-0.15, -0.1) is 0 Å². The number of hydrogen-bond acceptors (Lipinski definition) is 2. The van der Waals surface area contributed by atoms with Gasteiger partial charge in [0.1, 0.15) is 5.82 Å². The molecule has 1 aliphatic carbocycles. The van der Waals surface area contributed by atoms with Crippen molar-refractivity contribution in [3.8, 4) is 0 Å². The van der Waals surface area contributed by atoms with Gasteiger partial charge >= 0.3 is 5.97 Å². The van der Waals surface area contributed by atoms with Crippen molar-refractivity contribution in [2.24, 2.45) is 0 Å². The summed E-state index contributed by atoms with van der Waals surface area (Å²) in [6, 6.07) is 11.0. The molecule has 0 aliphatic heterocycles. The number of amides is 1. The smallest absolute Gasteiger partial charge is 0.311 e. The molecule has 5 heteroatoms. The van der Waals surface area contributed by atoms with E-state index in [1.807, 2.05) is 18.2 Å². The van der Waals surface area contributed by atoms with Crippen LogP contribution in [0.1, 0.15) is 35.4 Å². The van der Waals surface area contributed by atoms with Crippen molar-refractivity contribution in [3.63, 3.8) is 0 Å². The van der Waals surface area contributed by atoms with E-state index in [2.05, 4.69) is 5.32 Å². The maximum Gasteiger partial charge on any atom is 0.311 e. The number of carboxylic acid groups (broad SMARTS) is 1. The summed E-state index contributed by atoms with van der Waals surface area (Å²) in [5.74, 6) is -2.92. The first-order valence-electron chi connectivity index (χ1n) is 7.93. The zero-order valence-electron chi connectivity index (χ0n) is 13.1. The highest BCUT2D eigenvalue weighted by atomic mass is 19.1. The molecule has 1 atom stereocenters. The Kier molecular flexibility index (Phi) is 4.60. The van der Waals surface area contributed by atoms with Gasteiger partial charge < -0.3 is 10.4 Å². The van der Waals surface area contributed by atoms with Crippen molar-refractivity contribution in [2.75, 3.05) is 5.32 Å². The van der Waals surface area contributed by atoms with Gasteiger partial charge in [-0.05, 0) is 60.2 Å². The van der Waals surface area contributed by atoms with Gasteiger partial charge in [-0.2, -0.15) is 0 Å². The number of rotatable bonds is 5. The molecule has 2 N–H and O–H groups in total. The second-order valence-electron chi connectivity index (χ2n) is 6.03. The number of fused-ring (bicyclic) bond motifs is 1. The molecule has 0 bridgehead atoms. The van der Waals surface area contributed by atoms with E-state index >= 15 is 0 Å². The molecule has 1 amide bonds. The van der Waals surface area contributed by atoms with E-state index in [0.717, 1.165) is 19.3 Å². The summed E-state index contributed by atoms with van der Waals surface area (Å²) < 4.78 is 13.0. The van der Waals surface area contributed by atoms with E-state index in [4.69, 9.17) is 0 Å². The topological polar surface area (TPSA) is 66.4 Å². The predicted molar refractivity (Wildman–Crippen MR) is 88.5 cm³/mol. The van der Waals surface area contributed by atoms with Gasteiger partial charge in [-0.3, -0.25) is 9.59 Å². The van der Waals surface area contributed by atoms with Crippen molar-refractivity contribution in [3.05, 3.63) is 65.0 Å². The van der Waals surface area contributed by atoms with Crippen LogP contribution in [-0.4, -0.2) is 17.0 Å². The lowest BCUT2D eigenvalue weighted by atomic mass is 9.95. The van der Waals surface area contributed by atoms with Gasteiger partial charge in [0.05, 0.1) is 5.92 Å². The number of halogens is 1. The van der Waals surface area contributed by atoms with E-state index in [-0.39, 0.29) is 12.3 Å². The van der Waals surface area contributed by atoms with Crippen LogP contribution in [0.15, 0.2) is 42.5 Å². The molecule has 0 saturated heterocycles. The van der Waals surface area contributed by atoms with Crippen LogP contribution in [-0.2, 0) is 22.4 Å². The van der Waals surface area contributed by atoms with Gasteiger partial charge in [0, 0.05) is 12.1 Å². The number of benzene rings is 2. The average molecular weight is 327 g/mol. The van der Waals surface area contributed by atoms with Gasteiger partial charge in [0.15, 0.2) is 0 Å². The number of nitrogens with one attached hydrogen (secondary N) is 1. The molecule has 0 radical (unpaired) electrons. The molecule has 24 heavy (non-hydrogen) atoms. The number of carboxylic acids is 1. The Hall–Kier alpha value is -2.69. The Morgan fingerprint density at radius 1 is 1.08 bits per heavy atom. The summed E-state index contributed by atoms with van der Waals surface area (Å²) >= 11 is 0. The van der Waals surface area contributed by atoms with Crippen LogP contribution in [0.4, 0.5) is 10.1 Å². The van der Waals surface area contributed by atoms with Crippen LogP contribution in [0.3, 0.4) is 0 Å². The van der Waals surface area contributed by atoms with Gasteiger partial charge in [-0.25, -0.2) is 4.39 Å². The lowest BCUT2D eigenvalue weighted by Gasteiger charge is -2.13. The number of hydrogen-bond donors (Lipinski definition) is 2. The Morgan fingerprint density at radius 2 is 1.79 bits per heavy atom. The van der Waals surface area contributed by atoms with Crippen LogP contribution >= 0.6 is 0 Å².